The van der Waals surface area contributed by atoms with Crippen molar-refractivity contribution >= 4 is 65.5 Å². The maximum absolute atomic E-state index is 13.0. The monoisotopic (exact) mass is 563 g/mol. The number of benzene rings is 2. The zero-order chi connectivity index (χ0) is 24.0. The van der Waals surface area contributed by atoms with Crippen molar-refractivity contribution in [3.05, 3.63) is 63.6 Å². The minimum Gasteiger partial charge on any atom is -0.313 e. The summed E-state index contributed by atoms with van der Waals surface area (Å²) in [6, 6.07) is 13.5. The molecule has 7 nitrogen and oxygen atoms in total. The highest BCUT2D eigenvalue weighted by Gasteiger charge is 2.25. The van der Waals surface area contributed by atoms with Gasteiger partial charge in [-0.2, -0.15) is 0 Å². The summed E-state index contributed by atoms with van der Waals surface area (Å²) in [6.07, 6.45) is 0. The van der Waals surface area contributed by atoms with Crippen molar-refractivity contribution in [2.45, 2.75) is 33.0 Å². The first-order valence-corrected chi connectivity index (χ1v) is 11.8. The van der Waals surface area contributed by atoms with Gasteiger partial charge in [0.25, 0.3) is 5.91 Å². The predicted molar refractivity (Wildman–Crippen MR) is 148 cm³/mol. The van der Waals surface area contributed by atoms with Gasteiger partial charge in [0.1, 0.15) is 0 Å². The molecule has 194 valence electrons. The van der Waals surface area contributed by atoms with Gasteiger partial charge in [0.05, 0.1) is 23.8 Å². The second-order valence-corrected chi connectivity index (χ2v) is 9.21. The Morgan fingerprint density at radius 1 is 1.00 bits per heavy atom. The Morgan fingerprint density at radius 3 is 2.20 bits per heavy atom. The number of carbonyl (C=O) groups is 2. The smallest absolute Gasteiger partial charge is 0.250 e. The molecular weight excluding hydrogens is 532 g/mol. The maximum Gasteiger partial charge on any atom is 0.250 e. The van der Waals surface area contributed by atoms with Crippen LogP contribution in [-0.2, 0) is 22.7 Å². The summed E-state index contributed by atoms with van der Waals surface area (Å²) >= 11 is 12.5. The fourth-order valence-electron chi connectivity index (χ4n) is 3.71. The van der Waals surface area contributed by atoms with Gasteiger partial charge >= 0.3 is 0 Å². The van der Waals surface area contributed by atoms with Crippen LogP contribution < -0.4 is 15.5 Å². The van der Waals surface area contributed by atoms with Gasteiger partial charge in [-0.15, -0.1) is 24.8 Å². The lowest BCUT2D eigenvalue weighted by atomic mass is 10.1. The van der Waals surface area contributed by atoms with Gasteiger partial charge in [-0.05, 0) is 29.3 Å². The molecule has 2 aromatic carbocycles. The number of likely N-dealkylation sites (N-methyl/N-ethyl adjacent to an activating group) is 1. The minimum atomic E-state index is -0.186. The van der Waals surface area contributed by atoms with Crippen LogP contribution in [0, 0.1) is 0 Å². The number of anilines is 1. The van der Waals surface area contributed by atoms with Gasteiger partial charge in [-0.1, -0.05) is 61.3 Å². The molecule has 1 aliphatic heterocycles. The lowest BCUT2D eigenvalue weighted by Crippen LogP contribution is -2.47. The predicted octanol–water partition coefficient (Wildman–Crippen LogP) is 4.15. The van der Waals surface area contributed by atoms with Crippen LogP contribution in [0.2, 0.25) is 10.0 Å². The van der Waals surface area contributed by atoms with Crippen molar-refractivity contribution in [1.82, 2.24) is 20.7 Å². The Morgan fingerprint density at radius 2 is 1.60 bits per heavy atom. The van der Waals surface area contributed by atoms with Gasteiger partial charge in [-0.3, -0.25) is 19.9 Å². The van der Waals surface area contributed by atoms with Crippen molar-refractivity contribution < 1.29 is 9.59 Å². The lowest BCUT2D eigenvalue weighted by Gasteiger charge is -2.28. The average Bonchev–Trinajstić information content (AvgIpc) is 3.22. The zero-order valence-electron chi connectivity index (χ0n) is 20.1. The molecule has 35 heavy (non-hydrogen) atoms. The van der Waals surface area contributed by atoms with Gasteiger partial charge in [-0.25, -0.2) is 5.01 Å². The highest BCUT2D eigenvalue weighted by molar-refractivity contribution is 6.35. The summed E-state index contributed by atoms with van der Waals surface area (Å²) in [5.74, 6) is -0.293. The molecule has 2 N–H and O–H groups in total. The number of halogens is 4. The van der Waals surface area contributed by atoms with Crippen LogP contribution in [0.3, 0.4) is 0 Å². The van der Waals surface area contributed by atoms with Crippen molar-refractivity contribution in [3.8, 4) is 0 Å². The molecule has 0 atom stereocenters. The van der Waals surface area contributed by atoms with Crippen LogP contribution in [0.1, 0.15) is 25.0 Å². The average molecular weight is 565 g/mol. The van der Waals surface area contributed by atoms with E-state index in [0.717, 1.165) is 0 Å². The number of amides is 2. The highest BCUT2D eigenvalue weighted by Crippen LogP contribution is 2.29. The molecule has 2 aromatic rings. The summed E-state index contributed by atoms with van der Waals surface area (Å²) in [5, 5.41) is 10.9. The number of nitrogens with zero attached hydrogens (tertiary/aromatic N) is 3. The molecule has 11 heteroatoms. The number of fused-ring (bicyclic) bond motifs is 1. The van der Waals surface area contributed by atoms with Crippen molar-refractivity contribution in [2.75, 3.05) is 38.1 Å². The van der Waals surface area contributed by atoms with Crippen LogP contribution in [0.15, 0.2) is 42.5 Å². The minimum absolute atomic E-state index is 0. The molecule has 1 aliphatic rings. The third kappa shape index (κ3) is 8.79. The molecule has 0 bridgehead atoms. The van der Waals surface area contributed by atoms with Crippen LogP contribution in [0.5, 0.6) is 0 Å². The molecule has 2 amide bonds. The Balaban J connectivity index is 0.00000306. The lowest BCUT2D eigenvalue weighted by molar-refractivity contribution is -0.145. The first kappa shape index (κ1) is 31.4. The normalized spacial score (nSPS) is 12.5. The number of carbonyl (C=O) groups excluding carboxylic acids is 2. The topological polar surface area (TPSA) is 67.9 Å². The summed E-state index contributed by atoms with van der Waals surface area (Å²) in [4.78, 5) is 27.3. The number of nitrogens with one attached hydrogen (secondary N) is 2. The highest BCUT2D eigenvalue weighted by atomic mass is 35.5. The number of hydrazine groups is 1. The summed E-state index contributed by atoms with van der Waals surface area (Å²) in [5.41, 5.74) is 3.01. The molecule has 0 unspecified atom stereocenters. The SMILES string of the molecule is CC(C)NCCN(C(=O)CNCC(=O)N(C)N1Cc2ccccc2C1)c1cc(Cl)ccc1Cl.Cl.Cl. The standard InChI is InChI=1S/C24H31Cl2N5O2.2ClH/c1-17(2)28-10-11-31(22-12-20(25)8-9-21(22)26)24(33)14-27-13-23(32)29(3)30-15-18-6-4-5-7-19(18)16-30;;/h4-9,12,17,27-28H,10-11,13-16H2,1-3H3;2*1H. The Kier molecular flexibility index (Phi) is 13.3. The Hall–Kier alpha value is -1.58. The number of hydrogen-bond acceptors (Lipinski definition) is 5. The molecule has 0 radical (unpaired) electrons. The van der Waals surface area contributed by atoms with E-state index in [1.54, 1.807) is 35.2 Å². The van der Waals surface area contributed by atoms with E-state index < -0.39 is 0 Å². The van der Waals surface area contributed by atoms with E-state index in [0.29, 0.717) is 48.0 Å². The molecule has 3 rings (SSSR count). The van der Waals surface area contributed by atoms with Crippen molar-refractivity contribution in [1.29, 1.82) is 0 Å². The van der Waals surface area contributed by atoms with Crippen LogP contribution in [0.4, 0.5) is 5.69 Å². The molecule has 0 fully saturated rings. The van der Waals surface area contributed by atoms with E-state index in [1.807, 2.05) is 31.0 Å². The number of rotatable bonds is 10. The molecule has 1 heterocycles. The van der Waals surface area contributed by atoms with Crippen molar-refractivity contribution in [3.63, 3.8) is 0 Å². The quantitative estimate of drug-likeness (QED) is 0.454. The van der Waals surface area contributed by atoms with Crippen LogP contribution >= 0.6 is 48.0 Å². The van der Waals surface area contributed by atoms with E-state index in [4.69, 9.17) is 23.2 Å². The summed E-state index contributed by atoms with van der Waals surface area (Å²) in [6.45, 7) is 6.56. The Labute approximate surface area is 229 Å². The molecule has 0 spiro atoms. The van der Waals surface area contributed by atoms with Gasteiger partial charge in [0, 0.05) is 44.3 Å². The van der Waals surface area contributed by atoms with E-state index in [9.17, 15) is 9.59 Å². The molecule has 0 aromatic heterocycles. The fraction of sp³-hybridized carbons (Fsp3) is 0.417. The van der Waals surface area contributed by atoms with Gasteiger partial charge in [0.15, 0.2) is 0 Å². The largest absolute Gasteiger partial charge is 0.313 e. The van der Waals surface area contributed by atoms with Gasteiger partial charge < -0.3 is 10.2 Å². The second-order valence-electron chi connectivity index (χ2n) is 8.36. The summed E-state index contributed by atoms with van der Waals surface area (Å²) in [7, 11) is 1.76. The maximum atomic E-state index is 13.0. The molecular formula is C24H33Cl4N5O2. The van der Waals surface area contributed by atoms with Gasteiger partial charge in [0.2, 0.25) is 5.91 Å². The Bertz CT molecular complexity index is 967. The summed E-state index contributed by atoms with van der Waals surface area (Å²) < 4.78 is 0. The first-order valence-electron chi connectivity index (χ1n) is 11.0. The second kappa shape index (κ2) is 14.9. The first-order chi connectivity index (χ1) is 15.8. The van der Waals surface area contributed by atoms with Crippen molar-refractivity contribution in [2.24, 2.45) is 0 Å². The fourth-order valence-corrected chi connectivity index (χ4v) is 4.09. The van der Waals surface area contributed by atoms with E-state index in [1.165, 1.54) is 11.1 Å². The number of hydrogen-bond donors (Lipinski definition) is 2. The third-order valence-electron chi connectivity index (χ3n) is 5.55. The van der Waals surface area contributed by atoms with Crippen LogP contribution in [-0.4, -0.2) is 61.1 Å². The van der Waals surface area contributed by atoms with E-state index in [2.05, 4.69) is 22.8 Å². The molecule has 0 saturated heterocycles. The van der Waals surface area contributed by atoms with Crippen LogP contribution in [0.25, 0.3) is 0 Å². The molecule has 0 aliphatic carbocycles. The third-order valence-corrected chi connectivity index (χ3v) is 6.10. The van der Waals surface area contributed by atoms with E-state index in [-0.39, 0.29) is 49.7 Å². The molecule has 0 saturated carbocycles. The zero-order valence-corrected chi connectivity index (χ0v) is 23.2. The van der Waals surface area contributed by atoms with E-state index >= 15 is 0 Å².